The van der Waals surface area contributed by atoms with Crippen LogP contribution in [0, 0.1) is 6.92 Å². The van der Waals surface area contributed by atoms with Crippen molar-refractivity contribution in [1.29, 1.82) is 0 Å². The molecule has 37 heavy (non-hydrogen) atoms. The van der Waals surface area contributed by atoms with E-state index >= 15 is 0 Å². The molecule has 0 spiro atoms. The summed E-state index contributed by atoms with van der Waals surface area (Å²) in [6, 6.07) is 28.5. The highest BCUT2D eigenvalue weighted by Crippen LogP contribution is 2.42. The summed E-state index contributed by atoms with van der Waals surface area (Å²) in [5, 5.41) is 8.81. The molecule has 5 heteroatoms. The van der Waals surface area contributed by atoms with Crippen LogP contribution in [-0.2, 0) is 0 Å². The first-order chi connectivity index (χ1) is 18.1. The smallest absolute Gasteiger partial charge is 0.261 e. The number of hydrogen-bond acceptors (Lipinski definition) is 4. The van der Waals surface area contributed by atoms with E-state index in [1.807, 2.05) is 36.4 Å². The van der Waals surface area contributed by atoms with Gasteiger partial charge in [0.2, 0.25) is 0 Å². The van der Waals surface area contributed by atoms with Crippen LogP contribution in [0.5, 0.6) is 0 Å². The molecule has 2 heterocycles. The van der Waals surface area contributed by atoms with E-state index in [4.69, 9.17) is 5.10 Å². The first-order valence-corrected chi connectivity index (χ1v) is 13.0. The van der Waals surface area contributed by atoms with Gasteiger partial charge in [-0.2, -0.15) is 5.10 Å². The van der Waals surface area contributed by atoms with Crippen LogP contribution >= 0.6 is 0 Å². The predicted molar refractivity (Wildman–Crippen MR) is 148 cm³/mol. The van der Waals surface area contributed by atoms with Crippen LogP contribution in [0.25, 0.3) is 10.8 Å². The molecular weight excluding hydrogens is 458 g/mol. The van der Waals surface area contributed by atoms with E-state index in [1.165, 1.54) is 16.0 Å². The lowest BCUT2D eigenvalue weighted by Crippen LogP contribution is -2.40. The van der Waals surface area contributed by atoms with E-state index in [0.29, 0.717) is 17.7 Å². The standard InChI is InChI=1S/C32H29N3O2/c1-3-4-19-34-31(36)25-12-8-11-24-28(18-17-26(30(24)25)32(34)37)35-29(23-9-6-5-7-10-23)20-27(33-35)22-15-13-21(2)14-16-22/h5-18,29H,3-4,19-20H2,1-2H3. The van der Waals surface area contributed by atoms with Crippen LogP contribution in [-0.4, -0.2) is 29.0 Å². The third-order valence-electron chi connectivity index (χ3n) is 7.43. The average molecular weight is 488 g/mol. The Labute approximate surface area is 217 Å². The Morgan fingerprint density at radius 3 is 2.30 bits per heavy atom. The lowest BCUT2D eigenvalue weighted by molar-refractivity contribution is 0.0608. The minimum absolute atomic E-state index is 0.00519. The summed E-state index contributed by atoms with van der Waals surface area (Å²) < 4.78 is 0. The average Bonchev–Trinajstić information content (AvgIpc) is 3.37. The Morgan fingerprint density at radius 2 is 1.57 bits per heavy atom. The fourth-order valence-electron chi connectivity index (χ4n) is 5.44. The van der Waals surface area contributed by atoms with E-state index < -0.39 is 0 Å². The number of aryl methyl sites for hydroxylation is 1. The van der Waals surface area contributed by atoms with Crippen LogP contribution < -0.4 is 5.01 Å². The third-order valence-corrected chi connectivity index (χ3v) is 7.43. The maximum absolute atomic E-state index is 13.4. The first-order valence-electron chi connectivity index (χ1n) is 13.0. The Balaban J connectivity index is 1.50. The maximum atomic E-state index is 13.4. The lowest BCUT2D eigenvalue weighted by Gasteiger charge is -2.30. The number of benzene rings is 4. The van der Waals surface area contributed by atoms with Gasteiger partial charge in [0.1, 0.15) is 0 Å². The summed E-state index contributed by atoms with van der Waals surface area (Å²) in [4.78, 5) is 28.1. The molecule has 0 saturated heterocycles. The zero-order valence-electron chi connectivity index (χ0n) is 21.1. The molecule has 2 aliphatic heterocycles. The summed E-state index contributed by atoms with van der Waals surface area (Å²) >= 11 is 0. The van der Waals surface area contributed by atoms with Gasteiger partial charge in [-0.1, -0.05) is 85.6 Å². The topological polar surface area (TPSA) is 53.0 Å². The van der Waals surface area contributed by atoms with E-state index in [2.05, 4.69) is 67.4 Å². The van der Waals surface area contributed by atoms with Gasteiger partial charge in [0.25, 0.3) is 11.8 Å². The number of nitrogens with zero attached hydrogens (tertiary/aromatic N) is 3. The lowest BCUT2D eigenvalue weighted by atomic mass is 9.92. The molecule has 4 aromatic rings. The van der Waals surface area contributed by atoms with Gasteiger partial charge in [-0.3, -0.25) is 19.5 Å². The molecule has 0 radical (unpaired) electrons. The molecule has 0 aromatic heterocycles. The minimum Gasteiger partial charge on any atom is -0.274 e. The van der Waals surface area contributed by atoms with Crippen molar-refractivity contribution in [1.82, 2.24) is 4.90 Å². The third kappa shape index (κ3) is 3.91. The SMILES string of the molecule is CCCCN1C(=O)c2cccc3c(N4N=C(c5ccc(C)cc5)CC4c4ccccc4)ccc(c23)C1=O. The molecule has 0 N–H and O–H groups in total. The van der Waals surface area contributed by atoms with Crippen molar-refractivity contribution >= 4 is 34.0 Å². The second kappa shape index (κ2) is 9.32. The van der Waals surface area contributed by atoms with E-state index in [1.54, 1.807) is 0 Å². The number of hydrazone groups is 1. The van der Waals surface area contributed by atoms with Gasteiger partial charge in [-0.15, -0.1) is 0 Å². The highest BCUT2D eigenvalue weighted by atomic mass is 16.2. The molecule has 184 valence electrons. The molecule has 2 amide bonds. The second-order valence-corrected chi connectivity index (χ2v) is 9.86. The zero-order valence-corrected chi connectivity index (χ0v) is 21.1. The summed E-state index contributed by atoms with van der Waals surface area (Å²) in [6.07, 6.45) is 2.48. The van der Waals surface area contributed by atoms with E-state index in [0.717, 1.165) is 47.0 Å². The van der Waals surface area contributed by atoms with Gasteiger partial charge >= 0.3 is 0 Å². The van der Waals surface area contributed by atoms with Crippen molar-refractivity contribution in [3.05, 3.63) is 113 Å². The number of imide groups is 1. The van der Waals surface area contributed by atoms with Crippen molar-refractivity contribution in [3.8, 4) is 0 Å². The number of unbranched alkanes of at least 4 members (excludes halogenated alkanes) is 1. The Morgan fingerprint density at radius 1 is 0.838 bits per heavy atom. The van der Waals surface area contributed by atoms with Gasteiger partial charge in [0.05, 0.1) is 17.4 Å². The van der Waals surface area contributed by atoms with Crippen molar-refractivity contribution in [2.45, 2.75) is 39.2 Å². The molecule has 0 saturated carbocycles. The summed E-state index contributed by atoms with van der Waals surface area (Å²) in [5.41, 5.74) is 6.59. The summed E-state index contributed by atoms with van der Waals surface area (Å²) in [7, 11) is 0. The highest BCUT2D eigenvalue weighted by Gasteiger charge is 2.35. The quantitative estimate of drug-likeness (QED) is 0.278. The number of anilines is 1. The molecule has 0 aliphatic carbocycles. The zero-order chi connectivity index (χ0) is 25.5. The van der Waals surface area contributed by atoms with Gasteiger partial charge in [-0.25, -0.2) is 0 Å². The molecular formula is C32H29N3O2. The summed E-state index contributed by atoms with van der Waals surface area (Å²) in [6.45, 7) is 4.59. The monoisotopic (exact) mass is 487 g/mol. The Bertz CT molecular complexity index is 1520. The van der Waals surface area contributed by atoms with Gasteiger partial charge < -0.3 is 0 Å². The second-order valence-electron chi connectivity index (χ2n) is 9.86. The van der Waals surface area contributed by atoms with E-state index in [-0.39, 0.29) is 17.9 Å². The number of rotatable bonds is 6. The molecule has 0 fully saturated rings. The highest BCUT2D eigenvalue weighted by molar-refractivity contribution is 6.27. The largest absolute Gasteiger partial charge is 0.274 e. The fourth-order valence-corrected chi connectivity index (χ4v) is 5.44. The summed E-state index contributed by atoms with van der Waals surface area (Å²) in [5.74, 6) is -0.419. The first kappa shape index (κ1) is 23.2. The number of carbonyl (C=O) groups is 2. The minimum atomic E-state index is -0.210. The van der Waals surface area contributed by atoms with Crippen LogP contribution in [0.1, 0.15) is 69.6 Å². The van der Waals surface area contributed by atoms with Crippen molar-refractivity contribution < 1.29 is 9.59 Å². The number of amides is 2. The Hall–Kier alpha value is -4.25. The normalized spacial score (nSPS) is 17.0. The molecule has 4 aromatic carbocycles. The van der Waals surface area contributed by atoms with Crippen LogP contribution in [0.4, 0.5) is 5.69 Å². The van der Waals surface area contributed by atoms with Gasteiger partial charge in [-0.05, 0) is 42.7 Å². The van der Waals surface area contributed by atoms with Crippen molar-refractivity contribution in [2.24, 2.45) is 5.10 Å². The van der Waals surface area contributed by atoms with Gasteiger partial charge in [0.15, 0.2) is 0 Å². The number of hydrogen-bond donors (Lipinski definition) is 0. The van der Waals surface area contributed by atoms with Crippen molar-refractivity contribution in [3.63, 3.8) is 0 Å². The Kier molecular flexibility index (Phi) is 5.84. The molecule has 5 nitrogen and oxygen atoms in total. The van der Waals surface area contributed by atoms with Crippen LogP contribution in [0.3, 0.4) is 0 Å². The van der Waals surface area contributed by atoms with Crippen molar-refractivity contribution in [2.75, 3.05) is 11.6 Å². The maximum Gasteiger partial charge on any atom is 0.261 e. The fraction of sp³-hybridized carbons (Fsp3) is 0.219. The predicted octanol–water partition coefficient (Wildman–Crippen LogP) is 6.90. The number of carbonyl (C=O) groups excluding carboxylic acids is 2. The van der Waals surface area contributed by atoms with Crippen LogP contribution in [0.15, 0.2) is 90.0 Å². The molecule has 1 unspecified atom stereocenters. The van der Waals surface area contributed by atoms with Gasteiger partial charge in [0, 0.05) is 34.9 Å². The van der Waals surface area contributed by atoms with E-state index in [9.17, 15) is 9.59 Å². The molecule has 6 rings (SSSR count). The molecule has 1 atom stereocenters. The molecule has 0 bridgehead atoms. The van der Waals surface area contributed by atoms with Crippen LogP contribution in [0.2, 0.25) is 0 Å². The molecule has 2 aliphatic rings.